The van der Waals surface area contributed by atoms with E-state index in [9.17, 15) is 14.9 Å². The van der Waals surface area contributed by atoms with Gasteiger partial charge in [-0.1, -0.05) is 48.5 Å². The fraction of sp³-hybridized carbons (Fsp3) is 0.350. The number of rotatable bonds is 7. The molecule has 27 heavy (non-hydrogen) atoms. The van der Waals surface area contributed by atoms with Crippen molar-refractivity contribution in [2.45, 2.75) is 19.1 Å². The first-order valence-corrected chi connectivity index (χ1v) is 8.98. The summed E-state index contributed by atoms with van der Waals surface area (Å²) in [7, 11) is 0. The summed E-state index contributed by atoms with van der Waals surface area (Å²) in [5.74, 6) is -0.243. The van der Waals surface area contributed by atoms with E-state index >= 15 is 0 Å². The van der Waals surface area contributed by atoms with Gasteiger partial charge in [-0.3, -0.25) is 19.8 Å². The Hall–Kier alpha value is -2.77. The Balaban J connectivity index is 1.48. The number of ether oxygens (including phenoxy) is 1. The van der Waals surface area contributed by atoms with Gasteiger partial charge >= 0.3 is 0 Å². The molecule has 0 bridgehead atoms. The van der Waals surface area contributed by atoms with Crippen LogP contribution in [0.4, 0.5) is 5.69 Å². The van der Waals surface area contributed by atoms with Crippen LogP contribution in [0.5, 0.6) is 0 Å². The number of nitro groups is 1. The highest BCUT2D eigenvalue weighted by Crippen LogP contribution is 2.18. The van der Waals surface area contributed by atoms with Gasteiger partial charge in [-0.2, -0.15) is 0 Å². The van der Waals surface area contributed by atoms with E-state index in [0.29, 0.717) is 18.7 Å². The molecule has 7 nitrogen and oxygen atoms in total. The lowest BCUT2D eigenvalue weighted by molar-refractivity contribution is -0.385. The second kappa shape index (κ2) is 9.25. The molecule has 1 fully saturated rings. The van der Waals surface area contributed by atoms with Crippen LogP contribution in [0.3, 0.4) is 0 Å². The molecule has 0 saturated carbocycles. The number of carbonyl (C=O) groups is 1. The minimum absolute atomic E-state index is 0.0163. The zero-order chi connectivity index (χ0) is 19.1. The normalized spacial score (nSPS) is 17.4. The van der Waals surface area contributed by atoms with Gasteiger partial charge in [-0.25, -0.2) is 0 Å². The fourth-order valence-corrected chi connectivity index (χ4v) is 3.19. The molecule has 142 valence electrons. The molecule has 0 aliphatic carbocycles. The predicted molar refractivity (Wildman–Crippen MR) is 101 cm³/mol. The van der Waals surface area contributed by atoms with Gasteiger partial charge in [0.1, 0.15) is 0 Å². The highest BCUT2D eigenvalue weighted by molar-refractivity contribution is 5.79. The number of hydrogen-bond acceptors (Lipinski definition) is 5. The largest absolute Gasteiger partial charge is 0.374 e. The summed E-state index contributed by atoms with van der Waals surface area (Å²) in [6, 6.07) is 16.5. The molecule has 1 aliphatic heterocycles. The second-order valence-corrected chi connectivity index (χ2v) is 6.58. The lowest BCUT2D eigenvalue weighted by Crippen LogP contribution is -2.47. The molecule has 0 radical (unpaired) electrons. The van der Waals surface area contributed by atoms with E-state index in [1.54, 1.807) is 18.2 Å². The molecule has 1 N–H and O–H groups in total. The Morgan fingerprint density at radius 2 is 1.93 bits per heavy atom. The van der Waals surface area contributed by atoms with Gasteiger partial charge in [0.15, 0.2) is 0 Å². The van der Waals surface area contributed by atoms with E-state index in [0.717, 1.165) is 19.6 Å². The summed E-state index contributed by atoms with van der Waals surface area (Å²) < 4.78 is 5.74. The maximum Gasteiger partial charge on any atom is 0.273 e. The van der Waals surface area contributed by atoms with Crippen molar-refractivity contribution in [2.75, 3.05) is 26.2 Å². The molecule has 1 amide bonds. The van der Waals surface area contributed by atoms with E-state index in [1.807, 2.05) is 18.2 Å². The smallest absolute Gasteiger partial charge is 0.273 e. The summed E-state index contributed by atoms with van der Waals surface area (Å²) in [6.07, 6.45) is -0.102. The first-order chi connectivity index (χ1) is 13.1. The average molecular weight is 369 g/mol. The third-order valence-corrected chi connectivity index (χ3v) is 4.54. The quantitative estimate of drug-likeness (QED) is 0.597. The van der Waals surface area contributed by atoms with Gasteiger partial charge in [0.05, 0.1) is 24.1 Å². The SMILES string of the molecule is O=C(Cc1ccccc1[N+](=O)[O-])NCC1CN(Cc2ccccc2)CCO1. The summed E-state index contributed by atoms with van der Waals surface area (Å²) in [5, 5.41) is 13.9. The Bertz CT molecular complexity index is 782. The lowest BCUT2D eigenvalue weighted by atomic mass is 10.1. The number of nitrogens with zero attached hydrogens (tertiary/aromatic N) is 2. The Labute approximate surface area is 158 Å². The standard InChI is InChI=1S/C20H23N3O4/c24-20(12-17-8-4-5-9-19(17)23(25)26)21-13-18-15-22(10-11-27-18)14-16-6-2-1-3-7-16/h1-9,18H,10-15H2,(H,21,24). The van der Waals surface area contributed by atoms with Crippen LogP contribution >= 0.6 is 0 Å². The van der Waals surface area contributed by atoms with Crippen molar-refractivity contribution in [3.8, 4) is 0 Å². The van der Waals surface area contributed by atoms with Crippen LogP contribution in [0.15, 0.2) is 54.6 Å². The molecule has 0 spiro atoms. The van der Waals surface area contributed by atoms with Crippen molar-refractivity contribution in [3.05, 3.63) is 75.8 Å². The van der Waals surface area contributed by atoms with Crippen LogP contribution in [0.25, 0.3) is 0 Å². The highest BCUT2D eigenvalue weighted by atomic mass is 16.6. The van der Waals surface area contributed by atoms with E-state index < -0.39 is 4.92 Å². The number of para-hydroxylation sites is 1. The van der Waals surface area contributed by atoms with Crippen LogP contribution < -0.4 is 5.32 Å². The number of hydrogen-bond donors (Lipinski definition) is 1. The molecule has 2 aromatic rings. The maximum atomic E-state index is 12.2. The molecule has 1 heterocycles. The van der Waals surface area contributed by atoms with E-state index in [4.69, 9.17) is 4.74 Å². The van der Waals surface area contributed by atoms with Crippen LogP contribution in [0.1, 0.15) is 11.1 Å². The van der Waals surface area contributed by atoms with Gasteiger partial charge < -0.3 is 10.1 Å². The summed E-state index contributed by atoms with van der Waals surface area (Å²) in [5.41, 5.74) is 1.63. The summed E-state index contributed by atoms with van der Waals surface area (Å²) in [4.78, 5) is 25.1. The van der Waals surface area contributed by atoms with Crippen molar-refractivity contribution in [2.24, 2.45) is 0 Å². The van der Waals surface area contributed by atoms with Crippen molar-refractivity contribution in [1.29, 1.82) is 0 Å². The molecule has 1 aliphatic rings. The number of carbonyl (C=O) groups excluding carboxylic acids is 1. The van der Waals surface area contributed by atoms with Crippen molar-refractivity contribution >= 4 is 11.6 Å². The maximum absolute atomic E-state index is 12.2. The Morgan fingerprint density at radius 1 is 1.19 bits per heavy atom. The fourth-order valence-electron chi connectivity index (χ4n) is 3.19. The number of nitrogens with one attached hydrogen (secondary N) is 1. The molecule has 2 aromatic carbocycles. The van der Waals surface area contributed by atoms with Crippen LogP contribution in [0.2, 0.25) is 0 Å². The Morgan fingerprint density at radius 3 is 2.70 bits per heavy atom. The molecular weight excluding hydrogens is 346 g/mol. The van der Waals surface area contributed by atoms with Crippen LogP contribution in [0, 0.1) is 10.1 Å². The molecule has 7 heteroatoms. The van der Waals surface area contributed by atoms with E-state index in [2.05, 4.69) is 22.3 Å². The van der Waals surface area contributed by atoms with Crippen LogP contribution in [-0.2, 0) is 22.5 Å². The molecule has 0 aromatic heterocycles. The molecular formula is C20H23N3O4. The second-order valence-electron chi connectivity index (χ2n) is 6.58. The Kier molecular flexibility index (Phi) is 6.51. The van der Waals surface area contributed by atoms with Gasteiger partial charge in [-0.15, -0.1) is 0 Å². The van der Waals surface area contributed by atoms with Gasteiger partial charge in [0.25, 0.3) is 5.69 Å². The minimum atomic E-state index is -0.464. The average Bonchev–Trinajstić information content (AvgIpc) is 2.68. The lowest BCUT2D eigenvalue weighted by Gasteiger charge is -2.33. The number of benzene rings is 2. The topological polar surface area (TPSA) is 84.7 Å². The number of morpholine rings is 1. The van der Waals surface area contributed by atoms with E-state index in [-0.39, 0.29) is 24.1 Å². The van der Waals surface area contributed by atoms with Gasteiger partial charge in [0.2, 0.25) is 5.91 Å². The first kappa shape index (κ1) is 19.0. The molecule has 1 atom stereocenters. The van der Waals surface area contributed by atoms with E-state index in [1.165, 1.54) is 11.6 Å². The monoisotopic (exact) mass is 369 g/mol. The van der Waals surface area contributed by atoms with Crippen molar-refractivity contribution in [1.82, 2.24) is 10.2 Å². The molecule has 1 saturated heterocycles. The van der Waals surface area contributed by atoms with Gasteiger partial charge in [0, 0.05) is 37.8 Å². The highest BCUT2D eigenvalue weighted by Gasteiger charge is 2.22. The third-order valence-electron chi connectivity index (χ3n) is 4.54. The summed E-state index contributed by atoms with van der Waals surface area (Å²) in [6.45, 7) is 3.46. The van der Waals surface area contributed by atoms with Crippen molar-refractivity contribution in [3.63, 3.8) is 0 Å². The first-order valence-electron chi connectivity index (χ1n) is 8.98. The number of amides is 1. The van der Waals surface area contributed by atoms with Crippen LogP contribution in [-0.4, -0.2) is 48.1 Å². The predicted octanol–water partition coefficient (Wildman–Crippen LogP) is 2.15. The third kappa shape index (κ3) is 5.60. The summed E-state index contributed by atoms with van der Waals surface area (Å²) >= 11 is 0. The molecule has 3 rings (SSSR count). The van der Waals surface area contributed by atoms with Crippen molar-refractivity contribution < 1.29 is 14.5 Å². The zero-order valence-corrected chi connectivity index (χ0v) is 15.0. The zero-order valence-electron chi connectivity index (χ0n) is 15.0. The number of nitro benzene ring substituents is 1. The minimum Gasteiger partial charge on any atom is -0.374 e. The molecule has 1 unspecified atom stereocenters. The van der Waals surface area contributed by atoms with Gasteiger partial charge in [-0.05, 0) is 5.56 Å².